The maximum Gasteiger partial charge on any atom is 0.191 e. The number of nitrogens with one attached hydrogen (secondary N) is 2. The molecule has 0 aromatic carbocycles. The van der Waals surface area contributed by atoms with Crippen molar-refractivity contribution in [2.75, 3.05) is 52.5 Å². The van der Waals surface area contributed by atoms with E-state index in [0.29, 0.717) is 0 Å². The summed E-state index contributed by atoms with van der Waals surface area (Å²) in [7, 11) is 0. The highest BCUT2D eigenvalue weighted by Gasteiger charge is 2.21. The summed E-state index contributed by atoms with van der Waals surface area (Å²) in [4.78, 5) is 8.72. The van der Waals surface area contributed by atoms with Crippen molar-refractivity contribution in [3.05, 3.63) is 46.5 Å². The fourth-order valence-corrected chi connectivity index (χ4v) is 4.13. The predicted molar refractivity (Wildman–Crippen MR) is 135 cm³/mol. The molecule has 6 nitrogen and oxygen atoms in total. The van der Waals surface area contributed by atoms with Crippen LogP contribution >= 0.6 is 35.3 Å². The highest BCUT2D eigenvalue weighted by molar-refractivity contribution is 14.0. The Labute approximate surface area is 201 Å². The molecule has 2 N–H and O–H groups in total. The first-order valence-corrected chi connectivity index (χ1v) is 11.4. The van der Waals surface area contributed by atoms with Crippen LogP contribution in [0.1, 0.15) is 30.9 Å². The van der Waals surface area contributed by atoms with Crippen LogP contribution in [0, 0.1) is 0 Å². The second-order valence-corrected chi connectivity index (χ2v) is 8.96. The Bertz CT molecular complexity index is 714. The minimum Gasteiger partial charge on any atom is -0.469 e. The Hall–Kier alpha value is -1.10. The number of ether oxygens (including phenoxy) is 1. The molecule has 0 spiro atoms. The second-order valence-electron chi connectivity index (χ2n) is 8.02. The maximum atomic E-state index is 5.43. The summed E-state index contributed by atoms with van der Waals surface area (Å²) in [5, 5.41) is 9.11. The zero-order valence-electron chi connectivity index (χ0n) is 18.1. The number of guanidine groups is 1. The van der Waals surface area contributed by atoms with Gasteiger partial charge in [-0.3, -0.25) is 9.89 Å². The highest BCUT2D eigenvalue weighted by Crippen LogP contribution is 2.27. The van der Waals surface area contributed by atoms with Gasteiger partial charge in [0, 0.05) is 42.9 Å². The minimum absolute atomic E-state index is 0. The van der Waals surface area contributed by atoms with Gasteiger partial charge in [0.2, 0.25) is 0 Å². The number of hydrogen-bond donors (Lipinski definition) is 2. The zero-order chi connectivity index (χ0) is 20.4. The second kappa shape index (κ2) is 13.3. The lowest BCUT2D eigenvalue weighted by molar-refractivity contribution is 0.0376. The van der Waals surface area contributed by atoms with E-state index in [9.17, 15) is 0 Å². The molecule has 0 radical (unpaired) electrons. The van der Waals surface area contributed by atoms with Crippen LogP contribution in [-0.2, 0) is 16.6 Å². The third-order valence-corrected chi connectivity index (χ3v) is 6.35. The molecule has 0 saturated carbocycles. The highest BCUT2D eigenvalue weighted by atomic mass is 127. The molecule has 1 saturated heterocycles. The number of rotatable bonds is 10. The molecule has 0 aliphatic carbocycles. The van der Waals surface area contributed by atoms with Gasteiger partial charge in [-0.1, -0.05) is 19.9 Å². The number of nitrogens with zero attached hydrogens (tertiary/aromatic N) is 2. The number of hydrogen-bond acceptors (Lipinski definition) is 5. The van der Waals surface area contributed by atoms with Crippen LogP contribution in [0.25, 0.3) is 0 Å². The van der Waals surface area contributed by atoms with Crippen LogP contribution < -0.4 is 10.6 Å². The largest absolute Gasteiger partial charge is 0.469 e. The summed E-state index contributed by atoms with van der Waals surface area (Å²) >= 11 is 1.80. The molecule has 1 aliphatic heterocycles. The van der Waals surface area contributed by atoms with Gasteiger partial charge < -0.3 is 19.8 Å². The average Bonchev–Trinajstić information content (AvgIpc) is 3.44. The Morgan fingerprint density at radius 2 is 1.97 bits per heavy atom. The lowest BCUT2D eigenvalue weighted by Crippen LogP contribution is -2.42. The van der Waals surface area contributed by atoms with Crippen molar-refractivity contribution >= 4 is 41.3 Å². The van der Waals surface area contributed by atoms with E-state index in [1.807, 2.05) is 12.1 Å². The van der Waals surface area contributed by atoms with Crippen molar-refractivity contribution < 1.29 is 9.15 Å². The van der Waals surface area contributed by atoms with E-state index in [1.165, 1.54) is 4.88 Å². The SMILES string of the molecule is CC(C)(CN=C(NCCCN1CCOCC1)NCCc1ccco1)c1cccs1.I. The van der Waals surface area contributed by atoms with Gasteiger partial charge in [-0.05, 0) is 36.5 Å². The van der Waals surface area contributed by atoms with Crippen molar-refractivity contribution in [2.24, 2.45) is 4.99 Å². The molecule has 30 heavy (non-hydrogen) atoms. The molecule has 0 atom stereocenters. The van der Waals surface area contributed by atoms with E-state index in [0.717, 1.165) is 77.0 Å². The minimum atomic E-state index is 0. The third-order valence-electron chi connectivity index (χ3n) is 5.11. The Morgan fingerprint density at radius 3 is 2.67 bits per heavy atom. The van der Waals surface area contributed by atoms with Crippen LogP contribution in [0.4, 0.5) is 0 Å². The Balaban J connectivity index is 0.00000320. The quantitative estimate of drug-likeness (QED) is 0.206. The summed E-state index contributed by atoms with van der Waals surface area (Å²) in [5.41, 5.74) is 0.0254. The molecule has 0 unspecified atom stereocenters. The first kappa shape index (κ1) is 25.2. The van der Waals surface area contributed by atoms with Gasteiger partial charge >= 0.3 is 0 Å². The molecule has 2 aromatic heterocycles. The molecule has 3 rings (SSSR count). The van der Waals surface area contributed by atoms with Crippen LogP contribution in [0.3, 0.4) is 0 Å². The number of furan rings is 1. The lowest BCUT2D eigenvalue weighted by atomic mass is 9.92. The molecule has 1 aliphatic rings. The topological polar surface area (TPSA) is 62.0 Å². The third kappa shape index (κ3) is 8.56. The lowest BCUT2D eigenvalue weighted by Gasteiger charge is -2.26. The van der Waals surface area contributed by atoms with Crippen molar-refractivity contribution in [3.8, 4) is 0 Å². The van der Waals surface area contributed by atoms with E-state index in [2.05, 4.69) is 46.9 Å². The summed E-state index contributed by atoms with van der Waals surface area (Å²) in [6, 6.07) is 8.24. The van der Waals surface area contributed by atoms with Crippen molar-refractivity contribution in [3.63, 3.8) is 0 Å². The van der Waals surface area contributed by atoms with Crippen LogP contribution in [0.15, 0.2) is 45.3 Å². The first-order valence-electron chi connectivity index (χ1n) is 10.5. The molecule has 1 fully saturated rings. The molecule has 2 aromatic rings. The van der Waals surface area contributed by atoms with Crippen LogP contribution in [0.2, 0.25) is 0 Å². The summed E-state index contributed by atoms with van der Waals surface area (Å²) in [6.07, 6.45) is 3.65. The van der Waals surface area contributed by atoms with Crippen molar-refractivity contribution in [1.29, 1.82) is 0 Å². The monoisotopic (exact) mass is 546 g/mol. The smallest absolute Gasteiger partial charge is 0.191 e. The summed E-state index contributed by atoms with van der Waals surface area (Å²) < 4.78 is 10.8. The fraction of sp³-hybridized carbons (Fsp3) is 0.591. The van der Waals surface area contributed by atoms with Gasteiger partial charge in [-0.25, -0.2) is 0 Å². The molecule has 8 heteroatoms. The fourth-order valence-electron chi connectivity index (χ4n) is 3.29. The van der Waals surface area contributed by atoms with Gasteiger partial charge in [-0.15, -0.1) is 35.3 Å². The number of morpholine rings is 1. The van der Waals surface area contributed by atoms with Crippen molar-refractivity contribution in [1.82, 2.24) is 15.5 Å². The Kier molecular flexibility index (Phi) is 11.2. The molecule has 0 bridgehead atoms. The van der Waals surface area contributed by atoms with Gasteiger partial charge in [0.1, 0.15) is 5.76 Å². The van der Waals surface area contributed by atoms with Gasteiger partial charge in [0.25, 0.3) is 0 Å². The number of halogens is 1. The summed E-state index contributed by atoms with van der Waals surface area (Å²) in [5.74, 6) is 1.87. The van der Waals surface area contributed by atoms with Gasteiger partial charge in [0.05, 0.1) is 26.0 Å². The predicted octanol–water partition coefficient (Wildman–Crippen LogP) is 3.74. The van der Waals surface area contributed by atoms with E-state index >= 15 is 0 Å². The molecular formula is C22H35IN4O2S. The van der Waals surface area contributed by atoms with E-state index < -0.39 is 0 Å². The normalized spacial score (nSPS) is 15.6. The van der Waals surface area contributed by atoms with Crippen LogP contribution in [0.5, 0.6) is 0 Å². The van der Waals surface area contributed by atoms with Gasteiger partial charge in [-0.2, -0.15) is 0 Å². The molecule has 168 valence electrons. The zero-order valence-corrected chi connectivity index (χ0v) is 21.2. The average molecular weight is 547 g/mol. The molecule has 3 heterocycles. The summed E-state index contributed by atoms with van der Waals surface area (Å²) in [6.45, 7) is 11.8. The van der Waals surface area contributed by atoms with E-state index in [-0.39, 0.29) is 29.4 Å². The standard InChI is InChI=1S/C22H34N4O2S.HI/c1-22(2,20-7-4-17-29-20)18-25-21(24-10-8-19-6-3-14-28-19)23-9-5-11-26-12-15-27-16-13-26;/h3-4,6-7,14,17H,5,8-13,15-16,18H2,1-2H3,(H2,23,24,25);1H. The van der Waals surface area contributed by atoms with E-state index in [1.54, 1.807) is 17.6 Å². The molecule has 0 amide bonds. The van der Waals surface area contributed by atoms with Crippen molar-refractivity contribution in [2.45, 2.75) is 32.1 Å². The number of thiophene rings is 1. The van der Waals surface area contributed by atoms with E-state index in [4.69, 9.17) is 14.1 Å². The maximum absolute atomic E-state index is 5.43. The Morgan fingerprint density at radius 1 is 1.17 bits per heavy atom. The van der Waals surface area contributed by atoms with Crippen LogP contribution in [-0.4, -0.2) is 63.3 Å². The molecular weight excluding hydrogens is 511 g/mol. The number of aliphatic imine (C=N–C) groups is 1. The van der Waals surface area contributed by atoms with Gasteiger partial charge in [0.15, 0.2) is 5.96 Å². The first-order chi connectivity index (χ1) is 14.1.